The topological polar surface area (TPSA) is 18.5 Å². The molecule has 0 aromatic carbocycles. The van der Waals surface area contributed by atoms with E-state index in [0.29, 0.717) is 11.8 Å². The van der Waals surface area contributed by atoms with Crippen LogP contribution in [0.5, 0.6) is 0 Å². The van der Waals surface area contributed by atoms with Crippen LogP contribution in [0.2, 0.25) is 0 Å². The minimum Gasteiger partial charge on any atom is -0.446 e. The molecule has 0 aromatic heterocycles. The number of ether oxygens (including phenoxy) is 2. The molecule has 2 saturated heterocycles. The number of hydrogen-bond donors (Lipinski definition) is 0. The molecule has 2 heterocycles. The summed E-state index contributed by atoms with van der Waals surface area (Å²) in [5.74, 6) is 0.736. The van der Waals surface area contributed by atoms with Crippen molar-refractivity contribution in [2.75, 3.05) is 0 Å². The van der Waals surface area contributed by atoms with Gasteiger partial charge in [0.2, 0.25) is 0 Å². The van der Waals surface area contributed by atoms with E-state index < -0.39 is 0 Å². The van der Waals surface area contributed by atoms with Gasteiger partial charge in [-0.2, -0.15) is 11.8 Å². The van der Waals surface area contributed by atoms with E-state index >= 15 is 0 Å². The van der Waals surface area contributed by atoms with Crippen LogP contribution in [0.4, 0.5) is 0 Å². The molecule has 6 heteroatoms. The van der Waals surface area contributed by atoms with Crippen LogP contribution in [-0.4, -0.2) is 38.9 Å². The van der Waals surface area contributed by atoms with Gasteiger partial charge in [-0.1, -0.05) is 51.7 Å². The second kappa shape index (κ2) is 11.1. The van der Waals surface area contributed by atoms with E-state index in [0.717, 1.165) is 12.8 Å². The summed E-state index contributed by atoms with van der Waals surface area (Å²) in [4.78, 5) is 0. The van der Waals surface area contributed by atoms with Crippen LogP contribution < -0.4 is 0 Å². The van der Waals surface area contributed by atoms with Crippen LogP contribution in [0, 0.1) is 38.5 Å². The molecular formula is C16H26B2O2Y2-4. The third-order valence-corrected chi connectivity index (χ3v) is 4.55. The van der Waals surface area contributed by atoms with Gasteiger partial charge in [-0.15, -0.1) is 12.0 Å². The Bertz CT molecular complexity index is 293. The first kappa shape index (κ1) is 26.5. The van der Waals surface area contributed by atoms with Crippen molar-refractivity contribution < 1.29 is 74.9 Å². The Morgan fingerprint density at radius 1 is 0.864 bits per heavy atom. The van der Waals surface area contributed by atoms with E-state index in [2.05, 4.69) is 41.5 Å². The Balaban J connectivity index is 0. The molecule has 0 aromatic rings. The largest absolute Gasteiger partial charge is 0.446 e. The first-order valence-electron chi connectivity index (χ1n) is 7.44. The van der Waals surface area contributed by atoms with Crippen LogP contribution in [0.15, 0.2) is 0 Å². The van der Waals surface area contributed by atoms with Crippen molar-refractivity contribution in [3.8, 4) is 0 Å². The molecule has 2 aliphatic rings. The minimum absolute atomic E-state index is 0. The summed E-state index contributed by atoms with van der Waals surface area (Å²) in [6.45, 7) is 16.3. The van der Waals surface area contributed by atoms with Gasteiger partial charge in [0.05, 0.1) is 15.7 Å². The Morgan fingerprint density at radius 2 is 1.14 bits per heavy atom. The molecule has 0 bridgehead atoms. The molecule has 2 fully saturated rings. The van der Waals surface area contributed by atoms with E-state index in [1.165, 1.54) is 0 Å². The Hall–Kier alpha value is 2.26. The minimum atomic E-state index is -0.264. The molecule has 0 N–H and O–H groups in total. The number of rotatable bonds is 2. The molecule has 2 aliphatic heterocycles. The van der Waals surface area contributed by atoms with Crippen molar-refractivity contribution in [1.29, 1.82) is 0 Å². The van der Waals surface area contributed by atoms with Crippen molar-refractivity contribution in [3.63, 3.8) is 0 Å². The number of hydrogen-bond acceptors (Lipinski definition) is 2. The van der Waals surface area contributed by atoms with E-state index in [4.69, 9.17) is 25.2 Å². The Morgan fingerprint density at radius 3 is 1.23 bits per heavy atom. The molecule has 0 amide bonds. The summed E-state index contributed by atoms with van der Waals surface area (Å²) >= 11 is 0. The van der Waals surface area contributed by atoms with Crippen LogP contribution in [-0.2, 0) is 74.9 Å². The van der Waals surface area contributed by atoms with Crippen molar-refractivity contribution in [1.82, 2.24) is 0 Å². The van der Waals surface area contributed by atoms with Crippen LogP contribution >= 0.6 is 0 Å². The fourth-order valence-corrected chi connectivity index (χ4v) is 2.57. The first-order chi connectivity index (χ1) is 9.16. The smallest absolute Gasteiger partial charge is 0.0623 e. The van der Waals surface area contributed by atoms with Gasteiger partial charge >= 0.3 is 0 Å². The maximum absolute atomic E-state index is 5.56. The second-order valence-electron chi connectivity index (χ2n) is 5.96. The molecule has 118 valence electrons. The standard InChI is InChI=1S/2C8H13BO.2Y/c2*1-4-8(3)6(2)5-7(9)10-8;;/h2*5-7H,3-4H2,1-2H3;;/q2*-2;;/t6?,7-,8?;6-,7-,8?;;/m11../s1. The van der Waals surface area contributed by atoms with Gasteiger partial charge in [0.1, 0.15) is 0 Å². The van der Waals surface area contributed by atoms with Crippen LogP contribution in [0.1, 0.15) is 40.5 Å². The maximum atomic E-state index is 5.56. The zero-order chi connectivity index (χ0) is 15.6. The third-order valence-electron chi connectivity index (χ3n) is 4.55. The SMILES string of the molecule is [B][C@H]1[CH-]C(C)C([CH2-])(CC)O1.[B][C@H]1[CH-][C@@H](C)C([CH2-])(CC)O1.[Y].[Y]. The van der Waals surface area contributed by atoms with E-state index in [1.807, 2.05) is 12.8 Å². The van der Waals surface area contributed by atoms with Gasteiger partial charge in [0, 0.05) is 65.4 Å². The summed E-state index contributed by atoms with van der Waals surface area (Å²) in [5, 5.41) is 0. The van der Waals surface area contributed by atoms with Gasteiger partial charge in [0.15, 0.2) is 0 Å². The quantitative estimate of drug-likeness (QED) is 0.477. The predicted octanol–water partition coefficient (Wildman–Crippen LogP) is 2.66. The van der Waals surface area contributed by atoms with Crippen LogP contribution in [0.25, 0.3) is 0 Å². The van der Waals surface area contributed by atoms with Crippen molar-refractivity contribution in [2.24, 2.45) is 11.8 Å². The predicted molar refractivity (Wildman–Crippen MR) is 84.9 cm³/mol. The summed E-state index contributed by atoms with van der Waals surface area (Å²) in [6.07, 6.45) is 5.82. The van der Waals surface area contributed by atoms with Gasteiger partial charge in [-0.25, -0.2) is 0 Å². The van der Waals surface area contributed by atoms with Crippen molar-refractivity contribution in [3.05, 3.63) is 26.7 Å². The van der Waals surface area contributed by atoms with Gasteiger partial charge in [-0.05, 0) is 0 Å². The molecule has 6 atom stereocenters. The molecular weight excluding hydrogens is 424 g/mol. The van der Waals surface area contributed by atoms with E-state index in [1.54, 1.807) is 0 Å². The summed E-state index contributed by atoms with van der Waals surface area (Å²) in [5.41, 5.74) is -0.529. The fourth-order valence-electron chi connectivity index (χ4n) is 2.57. The Kier molecular flexibility index (Phi) is 13.3. The average molecular weight is 450 g/mol. The van der Waals surface area contributed by atoms with Gasteiger partial charge in [0.25, 0.3) is 0 Å². The van der Waals surface area contributed by atoms with Gasteiger partial charge < -0.3 is 36.2 Å². The van der Waals surface area contributed by atoms with Crippen molar-refractivity contribution >= 4 is 15.7 Å². The first-order valence-corrected chi connectivity index (χ1v) is 7.44. The summed E-state index contributed by atoms with van der Waals surface area (Å²) < 4.78 is 10.8. The fraction of sp³-hybridized carbons (Fsp3) is 0.750. The molecule has 2 rings (SSSR count). The van der Waals surface area contributed by atoms with Gasteiger partial charge in [-0.3, -0.25) is 0 Å². The Labute approximate surface area is 191 Å². The monoisotopic (exact) mass is 450 g/mol. The average Bonchev–Trinajstić information content (AvgIpc) is 2.78. The molecule has 0 saturated carbocycles. The summed E-state index contributed by atoms with van der Waals surface area (Å²) in [6, 6.07) is -0.431. The molecule has 2 nitrogen and oxygen atoms in total. The zero-order valence-electron chi connectivity index (χ0n) is 14.4. The normalized spacial score (nSPS) is 43.5. The van der Waals surface area contributed by atoms with Crippen molar-refractivity contribution in [2.45, 2.75) is 63.7 Å². The summed E-state index contributed by atoms with van der Waals surface area (Å²) in [7, 11) is 11.1. The zero-order valence-corrected chi connectivity index (χ0v) is 20.1. The molecule has 0 spiro atoms. The van der Waals surface area contributed by atoms with E-state index in [9.17, 15) is 0 Å². The third kappa shape index (κ3) is 6.87. The molecule has 3 unspecified atom stereocenters. The van der Waals surface area contributed by atoms with Crippen LogP contribution in [0.3, 0.4) is 0 Å². The second-order valence-corrected chi connectivity index (χ2v) is 5.96. The van der Waals surface area contributed by atoms with E-state index in [-0.39, 0.29) is 88.6 Å². The molecule has 0 aliphatic carbocycles. The maximum Gasteiger partial charge on any atom is 0.0623 e. The molecule has 6 radical (unpaired) electrons. The molecule has 22 heavy (non-hydrogen) atoms.